The molecular formula is C14H10N6O. The van der Waals surface area contributed by atoms with Crippen molar-refractivity contribution in [3.05, 3.63) is 48.5 Å². The van der Waals surface area contributed by atoms with Crippen LogP contribution in [0.15, 0.2) is 42.9 Å². The number of rotatable bonds is 2. The highest BCUT2D eigenvalue weighted by atomic mass is 16.1. The molecule has 0 saturated heterocycles. The van der Waals surface area contributed by atoms with E-state index < -0.39 is 0 Å². The molecule has 0 aliphatic rings. The highest BCUT2D eigenvalue weighted by Gasteiger charge is 2.15. The topological polar surface area (TPSA) is 99.4 Å². The summed E-state index contributed by atoms with van der Waals surface area (Å²) in [5.41, 5.74) is 2.65. The van der Waals surface area contributed by atoms with Crippen LogP contribution >= 0.6 is 0 Å². The van der Waals surface area contributed by atoms with Crippen LogP contribution in [0.1, 0.15) is 10.5 Å². The van der Waals surface area contributed by atoms with Crippen molar-refractivity contribution in [3.8, 4) is 0 Å². The average molecular weight is 278 g/mol. The summed E-state index contributed by atoms with van der Waals surface area (Å²) in [6.07, 6.45) is 4.93. The zero-order chi connectivity index (χ0) is 14.2. The Hall–Kier alpha value is -3.22. The Morgan fingerprint density at radius 2 is 2.05 bits per heavy atom. The lowest BCUT2D eigenvalue weighted by Crippen LogP contribution is -2.12. The Balaban J connectivity index is 1.78. The first-order chi connectivity index (χ1) is 10.3. The number of aromatic amines is 2. The number of nitrogens with one attached hydrogen (secondary N) is 3. The molecule has 3 N–H and O–H groups in total. The van der Waals surface area contributed by atoms with Crippen molar-refractivity contribution in [2.24, 2.45) is 0 Å². The lowest BCUT2D eigenvalue weighted by molar-refractivity contribution is 0.102. The first-order valence-electron chi connectivity index (χ1n) is 6.34. The van der Waals surface area contributed by atoms with E-state index in [-0.39, 0.29) is 5.91 Å². The van der Waals surface area contributed by atoms with Gasteiger partial charge in [0.2, 0.25) is 0 Å². The predicted molar refractivity (Wildman–Crippen MR) is 77.9 cm³/mol. The van der Waals surface area contributed by atoms with E-state index in [0.29, 0.717) is 11.4 Å². The van der Waals surface area contributed by atoms with Gasteiger partial charge in [0.1, 0.15) is 11.2 Å². The highest BCUT2D eigenvalue weighted by molar-refractivity contribution is 6.15. The number of amides is 1. The van der Waals surface area contributed by atoms with E-state index in [1.165, 1.54) is 0 Å². The van der Waals surface area contributed by atoms with Crippen LogP contribution in [-0.4, -0.2) is 31.3 Å². The Morgan fingerprint density at radius 3 is 2.90 bits per heavy atom. The predicted octanol–water partition coefficient (Wildman–Crippen LogP) is 2.09. The molecule has 7 nitrogen and oxygen atoms in total. The summed E-state index contributed by atoms with van der Waals surface area (Å²) in [4.78, 5) is 16.3. The molecule has 4 rings (SSSR count). The van der Waals surface area contributed by atoms with Gasteiger partial charge in [-0.2, -0.15) is 10.2 Å². The zero-order valence-corrected chi connectivity index (χ0v) is 10.8. The minimum atomic E-state index is -0.256. The van der Waals surface area contributed by atoms with Crippen molar-refractivity contribution < 1.29 is 4.79 Å². The average Bonchev–Trinajstić information content (AvgIpc) is 3.14. The molecule has 4 aromatic rings. The number of aromatic nitrogens is 5. The van der Waals surface area contributed by atoms with Gasteiger partial charge in [0.15, 0.2) is 0 Å². The molecule has 21 heavy (non-hydrogen) atoms. The van der Waals surface area contributed by atoms with Gasteiger partial charge in [0.25, 0.3) is 5.91 Å². The molecule has 0 bridgehead atoms. The molecule has 0 fully saturated rings. The molecule has 3 aromatic heterocycles. The highest BCUT2D eigenvalue weighted by Crippen LogP contribution is 2.24. The summed E-state index contributed by atoms with van der Waals surface area (Å²) in [7, 11) is 0. The smallest absolute Gasteiger partial charge is 0.274 e. The van der Waals surface area contributed by atoms with E-state index in [1.54, 1.807) is 30.7 Å². The van der Waals surface area contributed by atoms with Crippen molar-refractivity contribution in [1.82, 2.24) is 25.4 Å². The molecule has 7 heteroatoms. The van der Waals surface area contributed by atoms with Crippen LogP contribution < -0.4 is 5.32 Å². The van der Waals surface area contributed by atoms with Crippen LogP contribution in [0.25, 0.3) is 21.8 Å². The summed E-state index contributed by atoms with van der Waals surface area (Å²) in [6, 6.07) is 7.26. The van der Waals surface area contributed by atoms with Crippen molar-refractivity contribution in [1.29, 1.82) is 0 Å². The molecule has 0 atom stereocenters. The Kier molecular flexibility index (Phi) is 2.43. The minimum absolute atomic E-state index is 0.256. The third-order valence-electron chi connectivity index (χ3n) is 3.29. The van der Waals surface area contributed by atoms with Gasteiger partial charge in [-0.25, -0.2) is 0 Å². The van der Waals surface area contributed by atoms with Crippen LogP contribution in [0.2, 0.25) is 0 Å². The van der Waals surface area contributed by atoms with Crippen molar-refractivity contribution in [3.63, 3.8) is 0 Å². The van der Waals surface area contributed by atoms with Gasteiger partial charge in [-0.05, 0) is 24.3 Å². The number of pyridine rings is 1. The molecule has 1 aromatic carbocycles. The van der Waals surface area contributed by atoms with Crippen LogP contribution in [0.5, 0.6) is 0 Å². The Labute approximate surface area is 118 Å². The van der Waals surface area contributed by atoms with Crippen LogP contribution in [-0.2, 0) is 0 Å². The maximum atomic E-state index is 12.3. The lowest BCUT2D eigenvalue weighted by atomic mass is 10.1. The molecular weight excluding hydrogens is 268 g/mol. The first kappa shape index (κ1) is 11.6. The second-order valence-electron chi connectivity index (χ2n) is 4.59. The van der Waals surface area contributed by atoms with E-state index in [0.717, 1.165) is 21.8 Å². The van der Waals surface area contributed by atoms with Gasteiger partial charge in [0, 0.05) is 17.0 Å². The maximum absolute atomic E-state index is 12.3. The number of carbonyl (C=O) groups excluding carboxylic acids is 1. The monoisotopic (exact) mass is 278 g/mol. The second-order valence-corrected chi connectivity index (χ2v) is 4.59. The summed E-state index contributed by atoms with van der Waals surface area (Å²) < 4.78 is 0. The number of hydrogen-bond acceptors (Lipinski definition) is 4. The lowest BCUT2D eigenvalue weighted by Gasteiger charge is -2.02. The summed E-state index contributed by atoms with van der Waals surface area (Å²) >= 11 is 0. The van der Waals surface area contributed by atoms with Gasteiger partial charge >= 0.3 is 0 Å². The van der Waals surface area contributed by atoms with Crippen LogP contribution in [0, 0.1) is 0 Å². The number of carbonyl (C=O) groups is 1. The zero-order valence-electron chi connectivity index (χ0n) is 10.8. The molecule has 0 radical (unpaired) electrons. The van der Waals surface area contributed by atoms with Crippen molar-refractivity contribution >= 4 is 33.4 Å². The molecule has 0 aliphatic heterocycles. The van der Waals surface area contributed by atoms with Gasteiger partial charge in [-0.15, -0.1) is 0 Å². The molecule has 0 saturated carbocycles. The quantitative estimate of drug-likeness (QED) is 0.522. The van der Waals surface area contributed by atoms with Crippen molar-refractivity contribution in [2.75, 3.05) is 5.32 Å². The summed E-state index contributed by atoms with van der Waals surface area (Å²) in [5.74, 6) is -0.256. The largest absolute Gasteiger partial charge is 0.319 e. The molecule has 3 heterocycles. The number of anilines is 1. The summed E-state index contributed by atoms with van der Waals surface area (Å²) in [5, 5.41) is 18.3. The van der Waals surface area contributed by atoms with Crippen LogP contribution in [0.4, 0.5) is 5.69 Å². The third-order valence-corrected chi connectivity index (χ3v) is 3.29. The molecule has 0 unspecified atom stereocenters. The SMILES string of the molecule is O=C(Nc1cccnc1)c1[nH]nc2c1ccc1[nH]ncc12. The number of fused-ring (bicyclic) bond motifs is 3. The number of H-pyrrole nitrogens is 2. The standard InChI is InChI=1S/C14H10N6O/c21-14(17-8-2-1-5-15-6-8)13-9-3-4-11-10(7-16-18-11)12(9)19-20-13/h1-7H,(H,16,18)(H,17,21)(H,19,20). The maximum Gasteiger partial charge on any atom is 0.274 e. The number of benzene rings is 1. The molecule has 0 spiro atoms. The van der Waals surface area contributed by atoms with E-state index in [2.05, 4.69) is 30.7 Å². The molecule has 102 valence electrons. The Morgan fingerprint density at radius 1 is 1.10 bits per heavy atom. The van der Waals surface area contributed by atoms with E-state index in [4.69, 9.17) is 0 Å². The van der Waals surface area contributed by atoms with Gasteiger partial charge in [0.05, 0.1) is 23.6 Å². The van der Waals surface area contributed by atoms with E-state index >= 15 is 0 Å². The fourth-order valence-corrected chi connectivity index (χ4v) is 2.30. The third kappa shape index (κ3) is 1.83. The normalized spacial score (nSPS) is 11.0. The molecule has 1 amide bonds. The van der Waals surface area contributed by atoms with E-state index in [1.807, 2.05) is 12.1 Å². The molecule has 0 aliphatic carbocycles. The number of nitrogens with zero attached hydrogens (tertiary/aromatic N) is 3. The fourth-order valence-electron chi connectivity index (χ4n) is 2.30. The first-order valence-corrected chi connectivity index (χ1v) is 6.34. The van der Waals surface area contributed by atoms with Crippen LogP contribution in [0.3, 0.4) is 0 Å². The van der Waals surface area contributed by atoms with Gasteiger partial charge in [-0.1, -0.05) is 0 Å². The second kappa shape index (κ2) is 4.41. The van der Waals surface area contributed by atoms with Crippen molar-refractivity contribution in [2.45, 2.75) is 0 Å². The Bertz CT molecular complexity index is 940. The van der Waals surface area contributed by atoms with Gasteiger partial charge < -0.3 is 5.32 Å². The minimum Gasteiger partial charge on any atom is -0.319 e. The number of hydrogen-bond donors (Lipinski definition) is 3. The van der Waals surface area contributed by atoms with Gasteiger partial charge in [-0.3, -0.25) is 20.0 Å². The summed E-state index contributed by atoms with van der Waals surface area (Å²) in [6.45, 7) is 0. The van der Waals surface area contributed by atoms with E-state index in [9.17, 15) is 4.79 Å². The fraction of sp³-hybridized carbons (Fsp3) is 0.